The molecule has 4 aromatic rings. The van der Waals surface area contributed by atoms with Gasteiger partial charge in [-0.05, 0) is 53.6 Å². The second kappa shape index (κ2) is 12.2. The summed E-state index contributed by atoms with van der Waals surface area (Å²) in [5.74, 6) is 1.67. The van der Waals surface area contributed by atoms with E-state index in [1.165, 1.54) is 11.8 Å². The highest BCUT2D eigenvalue weighted by atomic mass is 35.5. The Kier molecular flexibility index (Phi) is 8.45. The Morgan fingerprint density at radius 2 is 1.77 bits per heavy atom. The molecule has 0 amide bonds. The summed E-state index contributed by atoms with van der Waals surface area (Å²) in [6.45, 7) is 4.41. The lowest BCUT2D eigenvalue weighted by atomic mass is 9.95. The van der Waals surface area contributed by atoms with Gasteiger partial charge in [0.2, 0.25) is 11.1 Å². The van der Waals surface area contributed by atoms with E-state index in [9.17, 15) is 4.79 Å². The van der Waals surface area contributed by atoms with E-state index >= 15 is 0 Å². The van der Waals surface area contributed by atoms with Gasteiger partial charge >= 0.3 is 5.97 Å². The lowest BCUT2D eigenvalue weighted by Crippen LogP contribution is -2.29. The molecule has 7 nitrogen and oxygen atoms in total. The molecule has 1 aromatic heterocycles. The van der Waals surface area contributed by atoms with Crippen LogP contribution in [0.5, 0.6) is 5.75 Å². The summed E-state index contributed by atoms with van der Waals surface area (Å²) in [5, 5.41) is 9.56. The van der Waals surface area contributed by atoms with E-state index in [0.717, 1.165) is 22.4 Å². The van der Waals surface area contributed by atoms with Gasteiger partial charge in [0.1, 0.15) is 25.0 Å². The number of hydrogen-bond donors (Lipinski definition) is 1. The van der Waals surface area contributed by atoms with Crippen LogP contribution < -0.4 is 10.1 Å². The summed E-state index contributed by atoms with van der Waals surface area (Å²) >= 11 is 13.7. The van der Waals surface area contributed by atoms with Crippen LogP contribution in [0.4, 0.5) is 5.95 Å². The number of halogens is 2. The van der Waals surface area contributed by atoms with Crippen molar-refractivity contribution >= 4 is 46.9 Å². The normalized spacial score (nSPS) is 14.5. The van der Waals surface area contributed by atoms with Gasteiger partial charge in [0.25, 0.3) is 0 Å². The number of nitrogens with one attached hydrogen (secondary N) is 1. The van der Waals surface area contributed by atoms with Gasteiger partial charge in [-0.2, -0.15) is 4.98 Å². The molecular formula is C29H26Cl2N4O3S. The quantitative estimate of drug-likeness (QED) is 0.164. The van der Waals surface area contributed by atoms with Gasteiger partial charge in [-0.1, -0.05) is 90.4 Å². The maximum atomic E-state index is 13.5. The molecule has 3 aromatic carbocycles. The van der Waals surface area contributed by atoms with E-state index in [1.54, 1.807) is 16.8 Å². The Morgan fingerprint density at radius 3 is 2.49 bits per heavy atom. The van der Waals surface area contributed by atoms with E-state index in [0.29, 0.717) is 44.8 Å². The summed E-state index contributed by atoms with van der Waals surface area (Å²) in [6, 6.07) is 22.1. The van der Waals surface area contributed by atoms with Gasteiger partial charge in [-0.3, -0.25) is 0 Å². The average Bonchev–Trinajstić information content (AvgIpc) is 3.34. The fourth-order valence-corrected chi connectivity index (χ4v) is 5.11. The highest BCUT2D eigenvalue weighted by molar-refractivity contribution is 7.99. The number of fused-ring (bicyclic) bond motifs is 1. The number of anilines is 1. The fraction of sp³-hybridized carbons (Fsp3) is 0.207. The SMILES string of the molecule is CCSc1nc2n(n1)C(c1ccc(OCc3ccc(Cl)c(Cl)c3)cc1)C(C(=O)OCc1ccccc1)=C(C)N2. The number of thioether (sulfide) groups is 1. The summed E-state index contributed by atoms with van der Waals surface area (Å²) in [7, 11) is 0. The molecule has 1 atom stereocenters. The minimum absolute atomic E-state index is 0.172. The lowest BCUT2D eigenvalue weighted by Gasteiger charge is -2.28. The number of allylic oxidation sites excluding steroid dienone is 1. The number of ether oxygens (including phenoxy) is 2. The molecule has 200 valence electrons. The third-order valence-corrected chi connectivity index (χ3v) is 7.58. The van der Waals surface area contributed by atoms with Gasteiger partial charge < -0.3 is 14.8 Å². The van der Waals surface area contributed by atoms with Crippen LogP contribution in [0.2, 0.25) is 10.0 Å². The van der Waals surface area contributed by atoms with Gasteiger partial charge in [-0.15, -0.1) is 5.10 Å². The van der Waals surface area contributed by atoms with Crippen molar-refractivity contribution in [1.29, 1.82) is 0 Å². The summed E-state index contributed by atoms with van der Waals surface area (Å²) < 4.78 is 13.4. The van der Waals surface area contributed by atoms with Crippen LogP contribution in [-0.4, -0.2) is 26.5 Å². The molecule has 0 bridgehead atoms. The van der Waals surface area contributed by atoms with Crippen LogP contribution in [0.3, 0.4) is 0 Å². The van der Waals surface area contributed by atoms with E-state index in [-0.39, 0.29) is 6.61 Å². The molecule has 5 rings (SSSR count). The number of aromatic nitrogens is 3. The van der Waals surface area contributed by atoms with Crippen LogP contribution in [0.15, 0.2) is 89.2 Å². The van der Waals surface area contributed by atoms with E-state index in [1.807, 2.05) is 74.5 Å². The average molecular weight is 582 g/mol. The first-order valence-corrected chi connectivity index (χ1v) is 14.1. The van der Waals surface area contributed by atoms with Crippen molar-refractivity contribution < 1.29 is 14.3 Å². The number of carbonyl (C=O) groups is 1. The first-order chi connectivity index (χ1) is 18.9. The first kappa shape index (κ1) is 27.1. The molecular weight excluding hydrogens is 555 g/mol. The summed E-state index contributed by atoms with van der Waals surface area (Å²) in [5.41, 5.74) is 3.81. The number of rotatable bonds is 9. The topological polar surface area (TPSA) is 78.3 Å². The summed E-state index contributed by atoms with van der Waals surface area (Å²) in [4.78, 5) is 18.1. The first-order valence-electron chi connectivity index (χ1n) is 12.4. The van der Waals surface area contributed by atoms with E-state index in [2.05, 4.69) is 10.3 Å². The summed E-state index contributed by atoms with van der Waals surface area (Å²) in [6.07, 6.45) is 0. The van der Waals surface area contributed by atoms with Crippen molar-refractivity contribution in [2.45, 2.75) is 38.3 Å². The van der Waals surface area contributed by atoms with Crippen LogP contribution in [0.25, 0.3) is 0 Å². The van der Waals surface area contributed by atoms with Crippen molar-refractivity contribution in [2.75, 3.05) is 11.1 Å². The minimum atomic E-state index is -0.521. The molecule has 0 aliphatic carbocycles. The van der Waals surface area contributed by atoms with Crippen LogP contribution in [0.1, 0.15) is 36.6 Å². The number of benzene rings is 3. The number of nitrogens with zero attached hydrogens (tertiary/aromatic N) is 3. The van der Waals surface area contributed by atoms with Crippen molar-refractivity contribution in [3.8, 4) is 5.75 Å². The minimum Gasteiger partial charge on any atom is -0.489 e. The predicted octanol–water partition coefficient (Wildman–Crippen LogP) is 7.31. The van der Waals surface area contributed by atoms with Gasteiger partial charge in [-0.25, -0.2) is 9.48 Å². The fourth-order valence-electron chi connectivity index (χ4n) is 4.24. The molecule has 0 spiro atoms. The Labute approximate surface area is 241 Å². The highest BCUT2D eigenvalue weighted by Gasteiger charge is 2.35. The van der Waals surface area contributed by atoms with E-state index < -0.39 is 12.0 Å². The molecule has 0 saturated heterocycles. The maximum absolute atomic E-state index is 13.5. The number of carbonyl (C=O) groups excluding carboxylic acids is 1. The Hall–Kier alpha value is -3.46. The second-order valence-electron chi connectivity index (χ2n) is 8.83. The van der Waals surface area contributed by atoms with Gasteiger partial charge in [0.05, 0.1) is 15.6 Å². The number of esters is 1. The van der Waals surface area contributed by atoms with Crippen molar-refractivity contribution in [3.05, 3.63) is 111 Å². The Balaban J connectivity index is 1.40. The zero-order valence-electron chi connectivity index (χ0n) is 21.4. The monoisotopic (exact) mass is 580 g/mol. The predicted molar refractivity (Wildman–Crippen MR) is 154 cm³/mol. The molecule has 1 aliphatic rings. The molecule has 2 heterocycles. The lowest BCUT2D eigenvalue weighted by molar-refractivity contribution is -0.140. The highest BCUT2D eigenvalue weighted by Crippen LogP contribution is 2.37. The van der Waals surface area contributed by atoms with Crippen LogP contribution >= 0.6 is 35.0 Å². The van der Waals surface area contributed by atoms with Crippen molar-refractivity contribution in [3.63, 3.8) is 0 Å². The number of hydrogen-bond acceptors (Lipinski definition) is 7. The third-order valence-electron chi connectivity index (χ3n) is 6.12. The van der Waals surface area contributed by atoms with Gasteiger partial charge in [0, 0.05) is 5.70 Å². The van der Waals surface area contributed by atoms with Crippen LogP contribution in [0, 0.1) is 0 Å². The smallest absolute Gasteiger partial charge is 0.338 e. The standard InChI is InChI=1S/C29H26Cl2N4O3S/c1-3-39-29-33-28-32-18(2)25(27(36)38-16-19-7-5-4-6-8-19)26(35(28)34-29)21-10-12-22(13-11-21)37-17-20-9-14-23(30)24(31)15-20/h4-15,26H,3,16-17H2,1-2H3,(H,32,33,34). The second-order valence-corrected chi connectivity index (χ2v) is 10.9. The Morgan fingerprint density at radius 1 is 1.00 bits per heavy atom. The zero-order valence-corrected chi connectivity index (χ0v) is 23.7. The molecule has 10 heteroatoms. The molecule has 0 radical (unpaired) electrons. The van der Waals surface area contributed by atoms with Crippen molar-refractivity contribution in [2.24, 2.45) is 0 Å². The van der Waals surface area contributed by atoms with Crippen LogP contribution in [-0.2, 0) is 22.7 Å². The molecule has 1 aliphatic heterocycles. The molecule has 39 heavy (non-hydrogen) atoms. The molecule has 1 N–H and O–H groups in total. The molecule has 1 unspecified atom stereocenters. The van der Waals surface area contributed by atoms with Gasteiger partial charge in [0.15, 0.2) is 0 Å². The zero-order chi connectivity index (χ0) is 27.4. The third kappa shape index (κ3) is 6.24. The molecule has 0 saturated carbocycles. The van der Waals surface area contributed by atoms with Crippen molar-refractivity contribution in [1.82, 2.24) is 14.8 Å². The van der Waals surface area contributed by atoms with E-state index in [4.69, 9.17) is 37.8 Å². The largest absolute Gasteiger partial charge is 0.489 e. The molecule has 0 fully saturated rings. The Bertz CT molecular complexity index is 1510. The maximum Gasteiger partial charge on any atom is 0.338 e.